The van der Waals surface area contributed by atoms with Gasteiger partial charge >= 0.3 is 0 Å². The molecule has 0 aliphatic carbocycles. The second-order valence-corrected chi connectivity index (χ2v) is 7.74. The Kier molecular flexibility index (Phi) is 6.03. The molecule has 3 aromatic carbocycles. The molecular formula is C26H26N2O3. The van der Waals surface area contributed by atoms with Gasteiger partial charge in [-0.15, -0.1) is 0 Å². The summed E-state index contributed by atoms with van der Waals surface area (Å²) >= 11 is 0. The van der Waals surface area contributed by atoms with E-state index in [0.717, 1.165) is 28.6 Å². The summed E-state index contributed by atoms with van der Waals surface area (Å²) in [5.41, 5.74) is 5.44. The maximum atomic E-state index is 12.2. The van der Waals surface area contributed by atoms with Gasteiger partial charge in [0.25, 0.3) is 5.91 Å². The maximum absolute atomic E-state index is 12.2. The summed E-state index contributed by atoms with van der Waals surface area (Å²) < 4.78 is 11.5. The van der Waals surface area contributed by atoms with Gasteiger partial charge in [-0.1, -0.05) is 38.1 Å². The Balaban J connectivity index is 1.42. The van der Waals surface area contributed by atoms with Gasteiger partial charge in [0, 0.05) is 11.3 Å². The van der Waals surface area contributed by atoms with Crippen LogP contribution in [0.15, 0.2) is 71.1 Å². The maximum Gasteiger partial charge on any atom is 0.262 e. The Hall–Kier alpha value is -3.60. The summed E-state index contributed by atoms with van der Waals surface area (Å²) in [6.45, 7) is 6.29. The van der Waals surface area contributed by atoms with Crippen LogP contribution in [0.25, 0.3) is 22.6 Å². The number of para-hydroxylation sites is 1. The van der Waals surface area contributed by atoms with Crippen LogP contribution in [-0.4, -0.2) is 17.5 Å². The van der Waals surface area contributed by atoms with Gasteiger partial charge in [-0.05, 0) is 72.9 Å². The van der Waals surface area contributed by atoms with E-state index >= 15 is 0 Å². The lowest BCUT2D eigenvalue weighted by Gasteiger charge is -2.09. The largest absolute Gasteiger partial charge is 0.483 e. The standard InChI is InChI=1S/C26H26N2O3/c1-4-17(2)20-11-14-24-22(15-20)28-26(31-24)19-9-12-21(13-10-19)27-25(29)16-30-23-8-6-5-7-18(23)3/h5-15,17H,4,16H2,1-3H3,(H,27,29). The summed E-state index contributed by atoms with van der Waals surface area (Å²) in [5.74, 6) is 1.55. The molecule has 0 radical (unpaired) electrons. The number of benzene rings is 3. The van der Waals surface area contributed by atoms with E-state index in [0.29, 0.717) is 23.2 Å². The smallest absolute Gasteiger partial charge is 0.262 e. The topological polar surface area (TPSA) is 64.4 Å². The van der Waals surface area contributed by atoms with Gasteiger partial charge in [-0.25, -0.2) is 4.98 Å². The highest BCUT2D eigenvalue weighted by Crippen LogP contribution is 2.28. The van der Waals surface area contributed by atoms with Gasteiger partial charge < -0.3 is 14.5 Å². The lowest BCUT2D eigenvalue weighted by atomic mass is 9.98. The first-order chi connectivity index (χ1) is 15.0. The molecule has 0 saturated heterocycles. The number of hydrogen-bond acceptors (Lipinski definition) is 4. The van der Waals surface area contributed by atoms with Crippen LogP contribution >= 0.6 is 0 Å². The minimum absolute atomic E-state index is 0.0454. The van der Waals surface area contributed by atoms with Crippen molar-refractivity contribution in [2.24, 2.45) is 0 Å². The Morgan fingerprint density at radius 2 is 1.87 bits per heavy atom. The first kappa shape index (κ1) is 20.7. The highest BCUT2D eigenvalue weighted by Gasteiger charge is 2.12. The number of nitrogens with one attached hydrogen (secondary N) is 1. The van der Waals surface area contributed by atoms with Crippen molar-refractivity contribution in [3.63, 3.8) is 0 Å². The van der Waals surface area contributed by atoms with Crippen LogP contribution in [0, 0.1) is 6.92 Å². The Morgan fingerprint density at radius 3 is 2.61 bits per heavy atom. The van der Waals surface area contributed by atoms with Gasteiger partial charge in [-0.2, -0.15) is 0 Å². The highest BCUT2D eigenvalue weighted by molar-refractivity contribution is 5.92. The number of fused-ring (bicyclic) bond motifs is 1. The zero-order chi connectivity index (χ0) is 21.8. The zero-order valence-electron chi connectivity index (χ0n) is 18.0. The van der Waals surface area contributed by atoms with Gasteiger partial charge in [0.1, 0.15) is 11.3 Å². The molecule has 1 heterocycles. The third-order valence-electron chi connectivity index (χ3n) is 5.46. The van der Waals surface area contributed by atoms with E-state index in [9.17, 15) is 4.79 Å². The molecule has 0 aliphatic heterocycles. The molecule has 5 nitrogen and oxygen atoms in total. The molecule has 0 aliphatic rings. The molecule has 5 heteroatoms. The van der Waals surface area contributed by atoms with Gasteiger partial charge in [-0.3, -0.25) is 4.79 Å². The summed E-state index contributed by atoms with van der Waals surface area (Å²) in [6, 6.07) is 21.2. The first-order valence-corrected chi connectivity index (χ1v) is 10.5. The van der Waals surface area contributed by atoms with E-state index in [1.165, 1.54) is 5.56 Å². The van der Waals surface area contributed by atoms with Crippen LogP contribution in [-0.2, 0) is 4.79 Å². The second-order valence-electron chi connectivity index (χ2n) is 7.74. The molecule has 0 saturated carbocycles. The highest BCUT2D eigenvalue weighted by atomic mass is 16.5. The van der Waals surface area contributed by atoms with E-state index in [-0.39, 0.29) is 12.5 Å². The van der Waals surface area contributed by atoms with E-state index in [4.69, 9.17) is 9.15 Å². The molecule has 0 spiro atoms. The fourth-order valence-electron chi connectivity index (χ4n) is 3.37. The van der Waals surface area contributed by atoms with Crippen molar-refractivity contribution >= 4 is 22.7 Å². The Morgan fingerprint density at radius 1 is 1.10 bits per heavy atom. The number of aromatic nitrogens is 1. The summed E-state index contributed by atoms with van der Waals surface area (Å²) in [4.78, 5) is 16.9. The normalized spacial score (nSPS) is 12.0. The molecule has 0 fully saturated rings. The molecular weight excluding hydrogens is 388 g/mol. The molecule has 1 aromatic heterocycles. The van der Waals surface area contributed by atoms with Gasteiger partial charge in [0.05, 0.1) is 0 Å². The van der Waals surface area contributed by atoms with Crippen molar-refractivity contribution in [1.82, 2.24) is 4.98 Å². The number of oxazole rings is 1. The molecule has 0 bridgehead atoms. The summed E-state index contributed by atoms with van der Waals surface area (Å²) in [6.07, 6.45) is 1.08. The number of amides is 1. The van der Waals surface area contributed by atoms with Crippen LogP contribution in [0.3, 0.4) is 0 Å². The molecule has 4 rings (SSSR count). The van der Waals surface area contributed by atoms with Crippen LogP contribution < -0.4 is 10.1 Å². The number of rotatable bonds is 7. The predicted molar refractivity (Wildman–Crippen MR) is 123 cm³/mol. The minimum atomic E-state index is -0.213. The number of anilines is 1. The fourth-order valence-corrected chi connectivity index (χ4v) is 3.37. The number of hydrogen-bond donors (Lipinski definition) is 1. The van der Waals surface area contributed by atoms with Gasteiger partial charge in [0.2, 0.25) is 5.89 Å². The van der Waals surface area contributed by atoms with E-state index in [2.05, 4.69) is 36.3 Å². The molecule has 4 aromatic rings. The minimum Gasteiger partial charge on any atom is -0.483 e. The monoisotopic (exact) mass is 414 g/mol. The molecule has 1 atom stereocenters. The van der Waals surface area contributed by atoms with Crippen LogP contribution in [0.2, 0.25) is 0 Å². The van der Waals surface area contributed by atoms with Crippen LogP contribution in [0.1, 0.15) is 37.3 Å². The molecule has 158 valence electrons. The van der Waals surface area contributed by atoms with E-state index < -0.39 is 0 Å². The van der Waals surface area contributed by atoms with Gasteiger partial charge in [0.15, 0.2) is 12.2 Å². The Labute approximate surface area is 182 Å². The van der Waals surface area contributed by atoms with Crippen LogP contribution in [0.5, 0.6) is 5.75 Å². The number of aryl methyl sites for hydroxylation is 1. The van der Waals surface area contributed by atoms with E-state index in [1.807, 2.05) is 61.5 Å². The fraction of sp³-hybridized carbons (Fsp3) is 0.231. The average Bonchev–Trinajstić information content (AvgIpc) is 3.22. The zero-order valence-corrected chi connectivity index (χ0v) is 18.0. The molecule has 31 heavy (non-hydrogen) atoms. The van der Waals surface area contributed by atoms with Crippen molar-refractivity contribution < 1.29 is 13.9 Å². The number of carbonyl (C=O) groups is 1. The van der Waals surface area contributed by atoms with E-state index in [1.54, 1.807) is 0 Å². The molecule has 1 unspecified atom stereocenters. The quantitative estimate of drug-likeness (QED) is 0.383. The summed E-state index contributed by atoms with van der Waals surface area (Å²) in [7, 11) is 0. The SMILES string of the molecule is CCC(C)c1ccc2oc(-c3ccc(NC(=O)COc4ccccc4C)cc3)nc2c1. The lowest BCUT2D eigenvalue weighted by molar-refractivity contribution is -0.118. The van der Waals surface area contributed by atoms with Crippen molar-refractivity contribution in [3.8, 4) is 17.2 Å². The Bertz CT molecular complexity index is 1190. The number of carbonyl (C=O) groups excluding carboxylic acids is 1. The third-order valence-corrected chi connectivity index (χ3v) is 5.46. The molecule has 1 N–H and O–H groups in total. The number of nitrogens with zero attached hydrogens (tertiary/aromatic N) is 1. The van der Waals surface area contributed by atoms with Crippen molar-refractivity contribution in [2.45, 2.75) is 33.1 Å². The van der Waals surface area contributed by atoms with Crippen molar-refractivity contribution in [2.75, 3.05) is 11.9 Å². The molecule has 1 amide bonds. The lowest BCUT2D eigenvalue weighted by Crippen LogP contribution is -2.20. The van der Waals surface area contributed by atoms with Crippen molar-refractivity contribution in [1.29, 1.82) is 0 Å². The number of ether oxygens (including phenoxy) is 1. The second kappa shape index (κ2) is 9.04. The van der Waals surface area contributed by atoms with Crippen molar-refractivity contribution in [3.05, 3.63) is 77.9 Å². The predicted octanol–water partition coefficient (Wildman–Crippen LogP) is 6.33. The average molecular weight is 415 g/mol. The van der Waals surface area contributed by atoms with Crippen LogP contribution in [0.4, 0.5) is 5.69 Å². The first-order valence-electron chi connectivity index (χ1n) is 10.5. The summed E-state index contributed by atoms with van der Waals surface area (Å²) in [5, 5.41) is 2.85. The third kappa shape index (κ3) is 4.77.